The van der Waals surface area contributed by atoms with Crippen molar-refractivity contribution >= 4 is 13.3 Å². The van der Waals surface area contributed by atoms with Gasteiger partial charge in [-0.1, -0.05) is 61.2 Å². The van der Waals surface area contributed by atoms with E-state index in [1.54, 1.807) is 5.19 Å². The van der Waals surface area contributed by atoms with Gasteiger partial charge in [0.15, 0.2) is 0 Å². The number of hydrogen-bond donors (Lipinski definition) is 0. The molecule has 1 aliphatic carbocycles. The van der Waals surface area contributed by atoms with E-state index in [1.807, 2.05) is 0 Å². The molecule has 0 atom stereocenters. The second kappa shape index (κ2) is 3.64. The molecule has 0 bridgehead atoms. The zero-order valence-corrected chi connectivity index (χ0v) is 11.0. The SMILES string of the molecule is C=C1CC(c2ccc([Si](C)(C)C)cc2)C1. The smallest absolute Gasteiger partial charge is 0.0775 e. The van der Waals surface area contributed by atoms with Crippen LogP contribution in [0.2, 0.25) is 19.6 Å². The number of hydrogen-bond acceptors (Lipinski definition) is 0. The van der Waals surface area contributed by atoms with Gasteiger partial charge in [-0.2, -0.15) is 0 Å². The van der Waals surface area contributed by atoms with Gasteiger partial charge in [0.1, 0.15) is 0 Å². The molecule has 0 amide bonds. The molecule has 0 N–H and O–H groups in total. The van der Waals surface area contributed by atoms with Crippen LogP contribution in [0.15, 0.2) is 36.4 Å². The normalized spacial score (nSPS) is 17.7. The fraction of sp³-hybridized carbons (Fsp3) is 0.429. The van der Waals surface area contributed by atoms with Gasteiger partial charge in [-0.3, -0.25) is 0 Å². The van der Waals surface area contributed by atoms with Crippen LogP contribution in [0.1, 0.15) is 24.3 Å². The van der Waals surface area contributed by atoms with Crippen LogP contribution >= 0.6 is 0 Å². The van der Waals surface area contributed by atoms with E-state index in [-0.39, 0.29) is 0 Å². The molecule has 0 aromatic heterocycles. The summed E-state index contributed by atoms with van der Waals surface area (Å²) in [5, 5.41) is 1.56. The minimum Gasteiger partial charge on any atom is -0.0998 e. The molecule has 2 rings (SSSR count). The molecule has 1 aromatic rings. The molecule has 0 aliphatic heterocycles. The van der Waals surface area contributed by atoms with Crippen molar-refractivity contribution in [1.29, 1.82) is 0 Å². The second-order valence-electron chi connectivity index (χ2n) is 5.73. The van der Waals surface area contributed by atoms with Crippen molar-refractivity contribution < 1.29 is 0 Å². The predicted molar refractivity (Wildman–Crippen MR) is 70.5 cm³/mol. The molecule has 15 heavy (non-hydrogen) atoms. The standard InChI is InChI=1S/C14H20Si/c1-11-9-13(10-11)12-5-7-14(8-6-12)15(2,3)4/h5-8,13H,1,9-10H2,2-4H3. The first-order valence-corrected chi connectivity index (χ1v) is 9.24. The first-order valence-electron chi connectivity index (χ1n) is 5.74. The molecule has 0 spiro atoms. The molecule has 1 aliphatic rings. The third-order valence-electron chi connectivity index (χ3n) is 3.32. The van der Waals surface area contributed by atoms with Gasteiger partial charge in [0.25, 0.3) is 0 Å². The lowest BCUT2D eigenvalue weighted by atomic mass is 9.77. The maximum atomic E-state index is 4.00. The Morgan fingerprint density at radius 2 is 1.60 bits per heavy atom. The Hall–Kier alpha value is -0.823. The van der Waals surface area contributed by atoms with Crippen LogP contribution in [0.5, 0.6) is 0 Å². The van der Waals surface area contributed by atoms with Crippen LogP contribution in [-0.2, 0) is 0 Å². The summed E-state index contributed by atoms with van der Waals surface area (Å²) in [7, 11) is -1.11. The topological polar surface area (TPSA) is 0 Å². The molecular weight excluding hydrogens is 196 g/mol. The van der Waals surface area contributed by atoms with Gasteiger partial charge < -0.3 is 0 Å². The lowest BCUT2D eigenvalue weighted by Gasteiger charge is -2.29. The molecule has 0 heterocycles. The first kappa shape index (κ1) is 10.7. The Kier molecular flexibility index (Phi) is 2.59. The fourth-order valence-corrected chi connectivity index (χ4v) is 3.29. The Bertz CT molecular complexity index is 359. The van der Waals surface area contributed by atoms with Crippen LogP contribution in [0, 0.1) is 0 Å². The Morgan fingerprint density at radius 3 is 2.00 bits per heavy atom. The van der Waals surface area contributed by atoms with Gasteiger partial charge in [-0.25, -0.2) is 0 Å². The molecule has 0 unspecified atom stereocenters. The van der Waals surface area contributed by atoms with E-state index in [0.29, 0.717) is 0 Å². The summed E-state index contributed by atoms with van der Waals surface area (Å²) >= 11 is 0. The highest BCUT2D eigenvalue weighted by Gasteiger charge is 2.23. The molecule has 0 saturated heterocycles. The third-order valence-corrected chi connectivity index (χ3v) is 5.38. The molecule has 1 saturated carbocycles. The molecule has 1 aromatic carbocycles. The van der Waals surface area contributed by atoms with E-state index in [2.05, 4.69) is 50.5 Å². The summed E-state index contributed by atoms with van der Waals surface area (Å²) in [5.74, 6) is 0.758. The maximum Gasteiger partial charge on any atom is 0.0775 e. The van der Waals surface area contributed by atoms with Gasteiger partial charge in [0.2, 0.25) is 0 Å². The molecule has 1 heteroatoms. The molecule has 80 valence electrons. The third kappa shape index (κ3) is 2.23. The lowest BCUT2D eigenvalue weighted by molar-refractivity contribution is 0.553. The van der Waals surface area contributed by atoms with Crippen LogP contribution in [-0.4, -0.2) is 8.07 Å². The van der Waals surface area contributed by atoms with Crippen molar-refractivity contribution in [1.82, 2.24) is 0 Å². The molecule has 1 fully saturated rings. The molecular formula is C14H20Si. The number of benzene rings is 1. The highest BCUT2D eigenvalue weighted by atomic mass is 28.3. The molecule has 0 radical (unpaired) electrons. The van der Waals surface area contributed by atoms with E-state index >= 15 is 0 Å². The highest BCUT2D eigenvalue weighted by Crippen LogP contribution is 2.39. The van der Waals surface area contributed by atoms with Crippen LogP contribution in [0.3, 0.4) is 0 Å². The van der Waals surface area contributed by atoms with E-state index < -0.39 is 8.07 Å². The van der Waals surface area contributed by atoms with Crippen molar-refractivity contribution in [2.24, 2.45) is 0 Å². The van der Waals surface area contributed by atoms with E-state index in [0.717, 1.165) is 5.92 Å². The van der Waals surface area contributed by atoms with Gasteiger partial charge in [-0.15, -0.1) is 0 Å². The number of rotatable bonds is 2. The van der Waals surface area contributed by atoms with Crippen molar-refractivity contribution in [2.45, 2.75) is 38.4 Å². The Morgan fingerprint density at radius 1 is 1.07 bits per heavy atom. The van der Waals surface area contributed by atoms with Gasteiger partial charge in [0.05, 0.1) is 8.07 Å². The van der Waals surface area contributed by atoms with Crippen molar-refractivity contribution in [2.75, 3.05) is 0 Å². The highest BCUT2D eigenvalue weighted by molar-refractivity contribution is 6.88. The Balaban J connectivity index is 2.14. The van der Waals surface area contributed by atoms with Gasteiger partial charge in [-0.05, 0) is 24.3 Å². The lowest BCUT2D eigenvalue weighted by Crippen LogP contribution is -2.37. The minimum atomic E-state index is -1.11. The summed E-state index contributed by atoms with van der Waals surface area (Å²) in [6.07, 6.45) is 2.40. The molecule has 0 nitrogen and oxygen atoms in total. The van der Waals surface area contributed by atoms with E-state index in [4.69, 9.17) is 0 Å². The Labute approximate surface area is 94.0 Å². The van der Waals surface area contributed by atoms with Crippen LogP contribution in [0.25, 0.3) is 0 Å². The monoisotopic (exact) mass is 216 g/mol. The van der Waals surface area contributed by atoms with Gasteiger partial charge in [0, 0.05) is 0 Å². The quantitative estimate of drug-likeness (QED) is 0.523. The van der Waals surface area contributed by atoms with E-state index in [1.165, 1.54) is 24.0 Å². The first-order chi connectivity index (χ1) is 6.97. The summed E-state index contributed by atoms with van der Waals surface area (Å²) in [6.45, 7) is 11.2. The fourth-order valence-electron chi connectivity index (χ4n) is 2.13. The van der Waals surface area contributed by atoms with Gasteiger partial charge >= 0.3 is 0 Å². The average molecular weight is 216 g/mol. The zero-order chi connectivity index (χ0) is 11.1. The zero-order valence-electron chi connectivity index (χ0n) is 10.0. The van der Waals surface area contributed by atoms with E-state index in [9.17, 15) is 0 Å². The van der Waals surface area contributed by atoms with Crippen molar-refractivity contribution in [3.63, 3.8) is 0 Å². The van der Waals surface area contributed by atoms with Crippen molar-refractivity contribution in [3.8, 4) is 0 Å². The summed E-state index contributed by atoms with van der Waals surface area (Å²) in [4.78, 5) is 0. The average Bonchev–Trinajstić information content (AvgIpc) is 2.12. The van der Waals surface area contributed by atoms with Crippen LogP contribution < -0.4 is 5.19 Å². The minimum absolute atomic E-state index is 0.758. The van der Waals surface area contributed by atoms with Crippen molar-refractivity contribution in [3.05, 3.63) is 42.0 Å². The summed E-state index contributed by atoms with van der Waals surface area (Å²) in [6, 6.07) is 9.32. The maximum absolute atomic E-state index is 4.00. The number of allylic oxidation sites excluding steroid dienone is 1. The summed E-state index contributed by atoms with van der Waals surface area (Å²) in [5.41, 5.74) is 2.92. The second-order valence-corrected chi connectivity index (χ2v) is 10.8. The predicted octanol–water partition coefficient (Wildman–Crippen LogP) is 3.67. The largest absolute Gasteiger partial charge is 0.0998 e. The van der Waals surface area contributed by atoms with Crippen LogP contribution in [0.4, 0.5) is 0 Å². The summed E-state index contributed by atoms with van der Waals surface area (Å²) < 4.78 is 0.